The van der Waals surface area contributed by atoms with Crippen molar-refractivity contribution >= 4 is 11.6 Å². The van der Waals surface area contributed by atoms with E-state index in [1.165, 1.54) is 0 Å². The minimum Gasteiger partial charge on any atom is -0.384 e. The second-order valence-corrected chi connectivity index (χ2v) is 4.54. The van der Waals surface area contributed by atoms with Crippen LogP contribution < -0.4 is 5.32 Å². The Morgan fingerprint density at radius 1 is 1.39 bits per heavy atom. The second-order valence-electron chi connectivity index (χ2n) is 4.54. The predicted octanol–water partition coefficient (Wildman–Crippen LogP) is 2.77. The van der Waals surface area contributed by atoms with E-state index in [2.05, 4.69) is 17.2 Å². The second kappa shape index (κ2) is 6.99. The van der Waals surface area contributed by atoms with Gasteiger partial charge in [-0.2, -0.15) is 0 Å². The summed E-state index contributed by atoms with van der Waals surface area (Å²) in [5, 5.41) is 3.24. The lowest BCUT2D eigenvalue weighted by atomic mass is 10.2. The lowest BCUT2D eigenvalue weighted by Crippen LogP contribution is -2.37. The third kappa shape index (κ3) is 3.72. The monoisotopic (exact) mass is 249 g/mol. The van der Waals surface area contributed by atoms with E-state index in [0.29, 0.717) is 12.2 Å². The molecule has 0 spiro atoms. The van der Waals surface area contributed by atoms with Crippen molar-refractivity contribution < 1.29 is 4.79 Å². The van der Waals surface area contributed by atoms with Gasteiger partial charge in [-0.3, -0.25) is 4.79 Å². The van der Waals surface area contributed by atoms with Crippen molar-refractivity contribution in [3.63, 3.8) is 0 Å². The van der Waals surface area contributed by atoms with Crippen LogP contribution in [0.1, 0.15) is 44.6 Å². The SMILES string of the molecule is CCCNc1ccc(C(=O)N(CC)C(C)C)nc1. The number of nitrogens with one attached hydrogen (secondary N) is 1. The maximum Gasteiger partial charge on any atom is 0.272 e. The van der Waals surface area contributed by atoms with E-state index < -0.39 is 0 Å². The number of hydrogen-bond donors (Lipinski definition) is 1. The lowest BCUT2D eigenvalue weighted by molar-refractivity contribution is 0.0711. The van der Waals surface area contributed by atoms with Gasteiger partial charge in [0.25, 0.3) is 5.91 Å². The van der Waals surface area contributed by atoms with Gasteiger partial charge in [0.15, 0.2) is 0 Å². The van der Waals surface area contributed by atoms with Crippen LogP contribution in [0.15, 0.2) is 18.3 Å². The van der Waals surface area contributed by atoms with E-state index >= 15 is 0 Å². The van der Waals surface area contributed by atoms with Gasteiger partial charge in [-0.15, -0.1) is 0 Å². The van der Waals surface area contributed by atoms with E-state index in [1.54, 1.807) is 12.3 Å². The molecule has 1 N–H and O–H groups in total. The fourth-order valence-electron chi connectivity index (χ4n) is 1.78. The zero-order valence-corrected chi connectivity index (χ0v) is 11.7. The van der Waals surface area contributed by atoms with Gasteiger partial charge in [0.2, 0.25) is 0 Å². The number of aromatic nitrogens is 1. The third-order valence-corrected chi connectivity index (χ3v) is 2.79. The first-order valence-electron chi connectivity index (χ1n) is 6.61. The molecule has 1 rings (SSSR count). The number of carbonyl (C=O) groups excluding carboxylic acids is 1. The lowest BCUT2D eigenvalue weighted by Gasteiger charge is -2.24. The molecule has 18 heavy (non-hydrogen) atoms. The average Bonchev–Trinajstić information content (AvgIpc) is 2.37. The number of hydrogen-bond acceptors (Lipinski definition) is 3. The fourth-order valence-corrected chi connectivity index (χ4v) is 1.78. The first kappa shape index (κ1) is 14.5. The Morgan fingerprint density at radius 3 is 2.56 bits per heavy atom. The topological polar surface area (TPSA) is 45.2 Å². The van der Waals surface area contributed by atoms with E-state index in [0.717, 1.165) is 18.7 Å². The molecule has 100 valence electrons. The molecule has 4 heteroatoms. The summed E-state index contributed by atoms with van der Waals surface area (Å²) in [6, 6.07) is 3.89. The molecule has 0 radical (unpaired) electrons. The fraction of sp³-hybridized carbons (Fsp3) is 0.571. The number of rotatable bonds is 6. The molecular weight excluding hydrogens is 226 g/mol. The smallest absolute Gasteiger partial charge is 0.272 e. The molecule has 0 aromatic carbocycles. The Bertz CT molecular complexity index is 373. The van der Waals surface area contributed by atoms with Crippen molar-refractivity contribution in [1.82, 2.24) is 9.88 Å². The van der Waals surface area contributed by atoms with Crippen molar-refractivity contribution in [3.05, 3.63) is 24.0 Å². The van der Waals surface area contributed by atoms with Crippen LogP contribution in [-0.2, 0) is 0 Å². The first-order valence-corrected chi connectivity index (χ1v) is 6.61. The molecule has 1 aromatic rings. The third-order valence-electron chi connectivity index (χ3n) is 2.79. The van der Waals surface area contributed by atoms with Gasteiger partial charge in [0, 0.05) is 19.1 Å². The highest BCUT2D eigenvalue weighted by Crippen LogP contribution is 2.10. The van der Waals surface area contributed by atoms with Gasteiger partial charge in [-0.1, -0.05) is 6.92 Å². The molecule has 1 aromatic heterocycles. The standard InChI is InChI=1S/C14H23N3O/c1-5-9-15-12-7-8-13(16-10-12)14(18)17(6-2)11(3)4/h7-8,10-11,15H,5-6,9H2,1-4H3. The molecule has 1 heterocycles. The summed E-state index contributed by atoms with van der Waals surface area (Å²) in [7, 11) is 0. The molecule has 0 saturated carbocycles. The van der Waals surface area contributed by atoms with Crippen LogP contribution in [0.5, 0.6) is 0 Å². The number of anilines is 1. The summed E-state index contributed by atoms with van der Waals surface area (Å²) in [5.74, 6) is -0.00505. The van der Waals surface area contributed by atoms with E-state index in [-0.39, 0.29) is 11.9 Å². The van der Waals surface area contributed by atoms with Crippen LogP contribution in [0.2, 0.25) is 0 Å². The molecule has 0 unspecified atom stereocenters. The molecule has 0 aliphatic rings. The summed E-state index contributed by atoms with van der Waals surface area (Å²) < 4.78 is 0. The number of nitrogens with zero attached hydrogens (tertiary/aromatic N) is 2. The molecule has 0 bridgehead atoms. The Balaban J connectivity index is 2.75. The van der Waals surface area contributed by atoms with Crippen molar-refractivity contribution in [2.45, 2.75) is 40.2 Å². The van der Waals surface area contributed by atoms with Crippen LogP contribution in [0.25, 0.3) is 0 Å². The highest BCUT2D eigenvalue weighted by molar-refractivity contribution is 5.92. The normalized spacial score (nSPS) is 10.5. The van der Waals surface area contributed by atoms with E-state index in [9.17, 15) is 4.79 Å². The van der Waals surface area contributed by atoms with Gasteiger partial charge in [0.1, 0.15) is 5.69 Å². The van der Waals surface area contributed by atoms with E-state index in [1.807, 2.05) is 31.7 Å². The number of carbonyl (C=O) groups is 1. The van der Waals surface area contributed by atoms with Crippen LogP contribution in [0, 0.1) is 0 Å². The van der Waals surface area contributed by atoms with Crippen LogP contribution >= 0.6 is 0 Å². The Hall–Kier alpha value is -1.58. The Morgan fingerprint density at radius 2 is 2.11 bits per heavy atom. The van der Waals surface area contributed by atoms with E-state index in [4.69, 9.17) is 0 Å². The van der Waals surface area contributed by atoms with Crippen molar-refractivity contribution in [2.75, 3.05) is 18.4 Å². The molecular formula is C14H23N3O. The largest absolute Gasteiger partial charge is 0.384 e. The summed E-state index contributed by atoms with van der Waals surface area (Å²) >= 11 is 0. The van der Waals surface area contributed by atoms with Crippen LogP contribution in [0.4, 0.5) is 5.69 Å². The van der Waals surface area contributed by atoms with Gasteiger partial charge in [0.05, 0.1) is 11.9 Å². The van der Waals surface area contributed by atoms with Gasteiger partial charge in [-0.25, -0.2) is 4.98 Å². The molecule has 0 saturated heterocycles. The maximum absolute atomic E-state index is 12.2. The zero-order valence-electron chi connectivity index (χ0n) is 11.7. The molecule has 1 amide bonds. The summed E-state index contributed by atoms with van der Waals surface area (Å²) in [4.78, 5) is 18.2. The van der Waals surface area contributed by atoms with Crippen LogP contribution in [0.3, 0.4) is 0 Å². The number of amides is 1. The van der Waals surface area contributed by atoms with Gasteiger partial charge >= 0.3 is 0 Å². The Labute approximate surface area is 109 Å². The predicted molar refractivity (Wildman–Crippen MR) is 74.9 cm³/mol. The quantitative estimate of drug-likeness (QED) is 0.843. The Kier molecular flexibility index (Phi) is 5.62. The first-order chi connectivity index (χ1) is 8.60. The summed E-state index contributed by atoms with van der Waals surface area (Å²) in [6.45, 7) is 9.74. The zero-order chi connectivity index (χ0) is 13.5. The van der Waals surface area contributed by atoms with Crippen LogP contribution in [-0.4, -0.2) is 34.9 Å². The minimum absolute atomic E-state index is 0.00505. The van der Waals surface area contributed by atoms with Crippen molar-refractivity contribution in [2.24, 2.45) is 0 Å². The minimum atomic E-state index is -0.00505. The van der Waals surface area contributed by atoms with Gasteiger partial charge in [-0.05, 0) is 39.3 Å². The summed E-state index contributed by atoms with van der Waals surface area (Å²) in [5.41, 5.74) is 1.47. The molecule has 0 aliphatic heterocycles. The van der Waals surface area contributed by atoms with Crippen molar-refractivity contribution in [3.8, 4) is 0 Å². The molecule has 4 nitrogen and oxygen atoms in total. The summed E-state index contributed by atoms with van der Waals surface area (Å²) in [6.07, 6.45) is 2.79. The molecule has 0 fully saturated rings. The molecule has 0 aliphatic carbocycles. The highest BCUT2D eigenvalue weighted by Gasteiger charge is 2.17. The average molecular weight is 249 g/mol. The number of pyridine rings is 1. The molecule has 0 atom stereocenters. The van der Waals surface area contributed by atoms with Crippen molar-refractivity contribution in [1.29, 1.82) is 0 Å². The van der Waals surface area contributed by atoms with Gasteiger partial charge < -0.3 is 10.2 Å². The highest BCUT2D eigenvalue weighted by atomic mass is 16.2. The maximum atomic E-state index is 12.2.